The van der Waals surface area contributed by atoms with Gasteiger partial charge >= 0.3 is 17.6 Å². The van der Waals surface area contributed by atoms with Gasteiger partial charge in [0.25, 0.3) is 0 Å². The number of nitrogens with one attached hydrogen (secondary N) is 1. The Bertz CT molecular complexity index is 851. The van der Waals surface area contributed by atoms with Gasteiger partial charge in [-0.1, -0.05) is 0 Å². The normalized spacial score (nSPS) is 10.5. The van der Waals surface area contributed by atoms with Crippen LogP contribution in [0.2, 0.25) is 0 Å². The first-order chi connectivity index (χ1) is 10.2. The van der Waals surface area contributed by atoms with E-state index in [0.717, 1.165) is 0 Å². The van der Waals surface area contributed by atoms with Gasteiger partial charge in [-0.2, -0.15) is 4.98 Å². The average molecular weight is 302 g/mol. The van der Waals surface area contributed by atoms with Gasteiger partial charge in [-0.3, -0.25) is 0 Å². The number of hydrogen-bond donors (Lipinski definition) is 1. The highest BCUT2D eigenvalue weighted by molar-refractivity contribution is 7.16. The number of anilines is 2. The van der Waals surface area contributed by atoms with Crippen LogP contribution in [0.1, 0.15) is 10.4 Å². The topological polar surface area (TPSA) is 81.4 Å². The highest BCUT2D eigenvalue weighted by Gasteiger charge is 2.08. The van der Waals surface area contributed by atoms with Gasteiger partial charge in [0.15, 0.2) is 0 Å². The van der Waals surface area contributed by atoms with Crippen LogP contribution >= 0.6 is 11.3 Å². The molecule has 106 valence electrons. The quantitative estimate of drug-likeness (QED) is 0.749. The monoisotopic (exact) mass is 302 g/mol. The van der Waals surface area contributed by atoms with E-state index in [0.29, 0.717) is 21.5 Å². The summed E-state index contributed by atoms with van der Waals surface area (Å²) in [6.07, 6.45) is 0. The number of hydrogen-bond acceptors (Lipinski definition) is 7. The lowest BCUT2D eigenvalue weighted by molar-refractivity contribution is 0.0601. The molecule has 6 nitrogen and oxygen atoms in total. The third-order valence-corrected chi connectivity index (χ3v) is 3.62. The number of rotatable bonds is 3. The van der Waals surface area contributed by atoms with Crippen molar-refractivity contribution in [3.8, 4) is 0 Å². The molecule has 0 amide bonds. The van der Waals surface area contributed by atoms with E-state index in [9.17, 15) is 9.59 Å². The number of benzene rings is 1. The molecule has 0 bridgehead atoms. The van der Waals surface area contributed by atoms with E-state index in [-0.39, 0.29) is 6.01 Å². The number of carbonyl (C=O) groups is 1. The van der Waals surface area contributed by atoms with Crippen molar-refractivity contribution >= 4 is 39.2 Å². The Morgan fingerprint density at radius 2 is 2.05 bits per heavy atom. The van der Waals surface area contributed by atoms with E-state index >= 15 is 0 Å². The summed E-state index contributed by atoms with van der Waals surface area (Å²) < 4.78 is 9.71. The van der Waals surface area contributed by atoms with E-state index in [1.165, 1.54) is 18.4 Å². The summed E-state index contributed by atoms with van der Waals surface area (Å²) in [7, 11) is 1.32. The van der Waals surface area contributed by atoms with Crippen molar-refractivity contribution in [3.63, 3.8) is 0 Å². The largest absolute Gasteiger partial charge is 0.465 e. The summed E-state index contributed by atoms with van der Waals surface area (Å²) in [4.78, 5) is 27.9. The Hall–Kier alpha value is -2.67. The highest BCUT2D eigenvalue weighted by Crippen LogP contribution is 2.20. The van der Waals surface area contributed by atoms with Crippen LogP contribution in [0.15, 0.2) is 44.9 Å². The summed E-state index contributed by atoms with van der Waals surface area (Å²) in [5.74, 6) is -0.411. The van der Waals surface area contributed by atoms with Crippen LogP contribution in [0, 0.1) is 0 Å². The molecular formula is C14H10N2O4S. The van der Waals surface area contributed by atoms with Crippen LogP contribution in [-0.4, -0.2) is 18.1 Å². The molecule has 1 N–H and O–H groups in total. The number of carbonyl (C=O) groups excluding carboxylic acids is 1. The maximum absolute atomic E-state index is 11.7. The summed E-state index contributed by atoms with van der Waals surface area (Å²) >= 11 is 1.36. The SMILES string of the molecule is COC(=O)c1ccc(Nc2nc3sccc3c(=O)o2)cc1. The van der Waals surface area contributed by atoms with Gasteiger partial charge in [-0.15, -0.1) is 11.3 Å². The third-order valence-electron chi connectivity index (χ3n) is 2.81. The zero-order chi connectivity index (χ0) is 14.8. The van der Waals surface area contributed by atoms with E-state index in [1.807, 2.05) is 0 Å². The first-order valence-electron chi connectivity index (χ1n) is 6.01. The number of nitrogens with zero attached hydrogens (tertiary/aromatic N) is 1. The molecule has 0 aliphatic carbocycles. The number of aromatic nitrogens is 1. The van der Waals surface area contributed by atoms with Crippen LogP contribution in [0.5, 0.6) is 0 Å². The fraction of sp³-hybridized carbons (Fsp3) is 0.0714. The van der Waals surface area contributed by atoms with Crippen LogP contribution in [-0.2, 0) is 4.74 Å². The number of fused-ring (bicyclic) bond motifs is 1. The molecule has 0 radical (unpaired) electrons. The summed E-state index contributed by atoms with van der Waals surface area (Å²) in [6.45, 7) is 0. The van der Waals surface area contributed by atoms with Crippen molar-refractivity contribution in [2.45, 2.75) is 0 Å². The lowest BCUT2D eigenvalue weighted by Gasteiger charge is -2.04. The van der Waals surface area contributed by atoms with Gasteiger partial charge in [0.05, 0.1) is 18.1 Å². The molecule has 7 heteroatoms. The summed E-state index contributed by atoms with van der Waals surface area (Å²) in [5.41, 5.74) is 0.648. The molecule has 1 aromatic carbocycles. The number of methoxy groups -OCH3 is 1. The Balaban J connectivity index is 1.88. The fourth-order valence-electron chi connectivity index (χ4n) is 1.79. The van der Waals surface area contributed by atoms with Crippen LogP contribution in [0.3, 0.4) is 0 Å². The van der Waals surface area contributed by atoms with Crippen molar-refractivity contribution in [2.75, 3.05) is 12.4 Å². The first kappa shape index (κ1) is 13.3. The number of ether oxygens (including phenoxy) is 1. The molecule has 0 aliphatic rings. The van der Waals surface area contributed by atoms with Gasteiger partial charge in [-0.05, 0) is 35.7 Å². The minimum atomic E-state index is -0.435. The lowest BCUT2D eigenvalue weighted by Crippen LogP contribution is -2.04. The Kier molecular flexibility index (Phi) is 3.41. The van der Waals surface area contributed by atoms with Crippen LogP contribution < -0.4 is 10.9 Å². The van der Waals surface area contributed by atoms with Crippen molar-refractivity contribution in [1.82, 2.24) is 4.98 Å². The van der Waals surface area contributed by atoms with Crippen molar-refractivity contribution in [1.29, 1.82) is 0 Å². The zero-order valence-electron chi connectivity index (χ0n) is 11.0. The molecule has 0 saturated heterocycles. The molecule has 0 atom stereocenters. The minimum Gasteiger partial charge on any atom is -0.465 e. The smallest absolute Gasteiger partial charge is 0.349 e. The Morgan fingerprint density at radius 1 is 1.29 bits per heavy atom. The first-order valence-corrected chi connectivity index (χ1v) is 6.89. The molecule has 2 heterocycles. The highest BCUT2D eigenvalue weighted by atomic mass is 32.1. The van der Waals surface area contributed by atoms with Crippen LogP contribution in [0.4, 0.5) is 11.7 Å². The molecule has 0 spiro atoms. The van der Waals surface area contributed by atoms with E-state index in [4.69, 9.17) is 4.42 Å². The van der Waals surface area contributed by atoms with Gasteiger partial charge < -0.3 is 14.5 Å². The fourth-order valence-corrected chi connectivity index (χ4v) is 2.53. The van der Waals surface area contributed by atoms with Gasteiger partial charge in [0, 0.05) is 5.69 Å². The Morgan fingerprint density at radius 3 is 2.76 bits per heavy atom. The van der Waals surface area contributed by atoms with Gasteiger partial charge in [0.1, 0.15) is 4.83 Å². The standard InChI is InChI=1S/C14H10N2O4S/c1-19-12(17)8-2-4-9(5-3-8)15-14-16-11-10(6-7-21-11)13(18)20-14/h2-7H,1H3,(H,15,16). The second-order valence-electron chi connectivity index (χ2n) is 4.14. The molecule has 0 fully saturated rings. The number of esters is 1. The molecule has 21 heavy (non-hydrogen) atoms. The van der Waals surface area contributed by atoms with E-state index < -0.39 is 11.6 Å². The predicted molar refractivity (Wildman–Crippen MR) is 79.2 cm³/mol. The molecule has 2 aromatic heterocycles. The molecule has 0 saturated carbocycles. The van der Waals surface area contributed by atoms with Crippen LogP contribution in [0.25, 0.3) is 10.2 Å². The lowest BCUT2D eigenvalue weighted by atomic mass is 10.2. The molecule has 0 unspecified atom stereocenters. The molecular weight excluding hydrogens is 292 g/mol. The third kappa shape index (κ3) is 2.63. The van der Waals surface area contributed by atoms with E-state index in [2.05, 4.69) is 15.0 Å². The van der Waals surface area contributed by atoms with Crippen molar-refractivity contribution < 1.29 is 13.9 Å². The zero-order valence-corrected chi connectivity index (χ0v) is 11.8. The second kappa shape index (κ2) is 5.37. The molecule has 0 aliphatic heterocycles. The summed E-state index contributed by atoms with van der Waals surface area (Å²) in [6, 6.07) is 8.35. The van der Waals surface area contributed by atoms with Crippen molar-refractivity contribution in [2.24, 2.45) is 0 Å². The molecule has 3 aromatic rings. The maximum atomic E-state index is 11.7. The predicted octanol–water partition coefficient (Wildman–Crippen LogP) is 2.78. The maximum Gasteiger partial charge on any atom is 0.349 e. The summed E-state index contributed by atoms with van der Waals surface area (Å²) in [5, 5.41) is 5.13. The van der Waals surface area contributed by atoms with E-state index in [1.54, 1.807) is 35.7 Å². The molecule has 3 rings (SSSR count). The van der Waals surface area contributed by atoms with Crippen molar-refractivity contribution in [3.05, 3.63) is 51.7 Å². The second-order valence-corrected chi connectivity index (χ2v) is 5.03. The minimum absolute atomic E-state index is 0.112. The number of thiophene rings is 1. The van der Waals surface area contributed by atoms with Gasteiger partial charge in [-0.25, -0.2) is 9.59 Å². The average Bonchev–Trinajstić information content (AvgIpc) is 2.96. The Labute approximate surface area is 123 Å². The van der Waals surface area contributed by atoms with Gasteiger partial charge in [0.2, 0.25) is 0 Å².